The molecule has 234 valence electrons. The molecule has 0 N–H and O–H groups in total. The van der Waals surface area contributed by atoms with Crippen molar-refractivity contribution < 1.29 is 0 Å². The standard InChI is InChI=1S/C46H27NS3/c1-5-17-32-28(13-1)29-14-2-6-18-33(29)45(32)36-25-26-48-43(36)46(34-19-7-3-15-30(34)31-16-4-8-20-35(31)46)37-27-42(50-44(37)45)47-38-21-9-11-23-40(38)49-41-24-12-10-22-39(41)47/h1-27H. The smallest absolute Gasteiger partial charge is 0.101 e. The number of fused-ring (bicyclic) bond motifs is 18. The van der Waals surface area contributed by atoms with Crippen molar-refractivity contribution in [2.45, 2.75) is 20.6 Å². The summed E-state index contributed by atoms with van der Waals surface area (Å²) in [5, 5.41) is 3.61. The molecule has 0 saturated carbocycles. The third kappa shape index (κ3) is 3.13. The van der Waals surface area contributed by atoms with E-state index < -0.39 is 10.8 Å². The van der Waals surface area contributed by atoms with Gasteiger partial charge in [0.05, 0.1) is 22.2 Å². The molecule has 1 aliphatic heterocycles. The minimum atomic E-state index is -0.429. The summed E-state index contributed by atoms with van der Waals surface area (Å²) in [6.45, 7) is 0. The predicted octanol–water partition coefficient (Wildman–Crippen LogP) is 12.8. The summed E-state index contributed by atoms with van der Waals surface area (Å²) >= 11 is 5.79. The van der Waals surface area contributed by atoms with Gasteiger partial charge in [-0.15, -0.1) is 22.7 Å². The summed E-state index contributed by atoms with van der Waals surface area (Å²) in [7, 11) is 0. The van der Waals surface area contributed by atoms with Crippen LogP contribution in [0.5, 0.6) is 0 Å². The molecule has 2 spiro atoms. The van der Waals surface area contributed by atoms with E-state index in [2.05, 4.69) is 168 Å². The van der Waals surface area contributed by atoms with Crippen LogP contribution in [-0.2, 0) is 10.8 Å². The first-order valence-electron chi connectivity index (χ1n) is 17.1. The second-order valence-electron chi connectivity index (χ2n) is 13.5. The zero-order valence-corrected chi connectivity index (χ0v) is 29.2. The van der Waals surface area contributed by atoms with Crippen LogP contribution in [0.25, 0.3) is 22.3 Å². The highest BCUT2D eigenvalue weighted by Crippen LogP contribution is 2.70. The lowest BCUT2D eigenvalue weighted by atomic mass is 9.58. The third-order valence-electron chi connectivity index (χ3n) is 11.4. The fourth-order valence-corrected chi connectivity index (χ4v) is 13.4. The number of hydrogen-bond acceptors (Lipinski definition) is 4. The number of thiophene rings is 2. The molecule has 0 unspecified atom stereocenters. The van der Waals surface area contributed by atoms with Gasteiger partial charge >= 0.3 is 0 Å². The van der Waals surface area contributed by atoms with Gasteiger partial charge in [-0.2, -0.15) is 0 Å². The van der Waals surface area contributed by atoms with Gasteiger partial charge in [0.15, 0.2) is 0 Å². The zero-order valence-electron chi connectivity index (χ0n) is 26.8. The molecule has 4 aliphatic rings. The summed E-state index contributed by atoms with van der Waals surface area (Å²) in [5.74, 6) is 0. The minimum absolute atomic E-state index is 0.429. The molecule has 3 heterocycles. The van der Waals surface area contributed by atoms with Gasteiger partial charge in [0.25, 0.3) is 0 Å². The Morgan fingerprint density at radius 1 is 0.400 bits per heavy atom. The summed E-state index contributed by atoms with van der Waals surface area (Å²) in [4.78, 5) is 7.98. The Balaban J connectivity index is 1.27. The summed E-state index contributed by atoms with van der Waals surface area (Å²) in [6.07, 6.45) is 0. The summed E-state index contributed by atoms with van der Waals surface area (Å²) in [5.41, 5.74) is 15.4. The maximum atomic E-state index is 2.58. The fourth-order valence-electron chi connectivity index (χ4n) is 9.67. The Hall–Kier alpha value is -5.13. The number of para-hydroxylation sites is 2. The van der Waals surface area contributed by atoms with Gasteiger partial charge in [-0.1, -0.05) is 133 Å². The van der Waals surface area contributed by atoms with E-state index in [-0.39, 0.29) is 0 Å². The molecule has 0 atom stereocenters. The number of nitrogens with zero attached hydrogens (tertiary/aromatic N) is 1. The molecule has 0 amide bonds. The lowest BCUT2D eigenvalue weighted by Gasteiger charge is -2.45. The van der Waals surface area contributed by atoms with E-state index in [0.717, 1.165) is 0 Å². The summed E-state index contributed by atoms with van der Waals surface area (Å²) < 4.78 is 0. The highest BCUT2D eigenvalue weighted by molar-refractivity contribution is 7.99. The van der Waals surface area contributed by atoms with Gasteiger partial charge in [-0.3, -0.25) is 4.90 Å². The molecule has 0 fully saturated rings. The van der Waals surface area contributed by atoms with E-state index in [1.165, 1.54) is 91.6 Å². The largest absolute Gasteiger partial charge is 0.300 e. The van der Waals surface area contributed by atoms with Gasteiger partial charge in [0, 0.05) is 19.5 Å². The molecule has 50 heavy (non-hydrogen) atoms. The summed E-state index contributed by atoms with van der Waals surface area (Å²) in [6, 6.07) is 59.6. The van der Waals surface area contributed by atoms with Crippen LogP contribution >= 0.6 is 34.4 Å². The Bertz CT molecular complexity index is 2460. The van der Waals surface area contributed by atoms with Crippen molar-refractivity contribution in [3.63, 3.8) is 0 Å². The average Bonchev–Trinajstić information content (AvgIpc) is 3.96. The SMILES string of the molecule is c1ccc2c(c1)Sc1ccccc1N2c1cc2c(s1)C1(c3ccccc3-c3ccccc31)c1ccsc1C21c2ccccc2-c2ccccc21. The minimum Gasteiger partial charge on any atom is -0.300 e. The van der Waals surface area contributed by atoms with Gasteiger partial charge in [-0.05, 0) is 97.4 Å². The van der Waals surface area contributed by atoms with Crippen molar-refractivity contribution in [1.82, 2.24) is 0 Å². The van der Waals surface area contributed by atoms with Crippen molar-refractivity contribution in [2.75, 3.05) is 4.90 Å². The van der Waals surface area contributed by atoms with Crippen LogP contribution in [0.15, 0.2) is 173 Å². The highest BCUT2D eigenvalue weighted by atomic mass is 32.2. The van der Waals surface area contributed by atoms with Crippen LogP contribution in [0.3, 0.4) is 0 Å². The van der Waals surface area contributed by atoms with Crippen molar-refractivity contribution in [2.24, 2.45) is 0 Å². The van der Waals surface area contributed by atoms with Gasteiger partial charge < -0.3 is 0 Å². The topological polar surface area (TPSA) is 3.24 Å². The van der Waals surface area contributed by atoms with Crippen LogP contribution < -0.4 is 4.90 Å². The van der Waals surface area contributed by atoms with Crippen LogP contribution in [0.2, 0.25) is 0 Å². The van der Waals surface area contributed by atoms with E-state index >= 15 is 0 Å². The van der Waals surface area contributed by atoms with E-state index in [0.29, 0.717) is 0 Å². The predicted molar refractivity (Wildman–Crippen MR) is 209 cm³/mol. The lowest BCUT2D eigenvalue weighted by molar-refractivity contribution is 0.662. The Kier molecular flexibility index (Phi) is 5.40. The molecular weight excluding hydrogens is 663 g/mol. The molecule has 2 aromatic heterocycles. The molecule has 12 rings (SSSR count). The maximum Gasteiger partial charge on any atom is 0.101 e. The second-order valence-corrected chi connectivity index (χ2v) is 16.6. The second kappa shape index (κ2) is 9.76. The molecule has 4 heteroatoms. The molecule has 0 radical (unpaired) electrons. The van der Waals surface area contributed by atoms with Gasteiger partial charge in [-0.25, -0.2) is 0 Å². The molecule has 3 aliphatic carbocycles. The zero-order chi connectivity index (χ0) is 32.6. The Morgan fingerprint density at radius 3 is 1.36 bits per heavy atom. The van der Waals surface area contributed by atoms with Crippen molar-refractivity contribution >= 4 is 50.8 Å². The molecule has 0 saturated heterocycles. The van der Waals surface area contributed by atoms with E-state index in [1.54, 1.807) is 0 Å². The molecule has 1 nitrogen and oxygen atoms in total. The molecule has 6 aromatic carbocycles. The molecular formula is C46H27NS3. The van der Waals surface area contributed by atoms with Crippen molar-refractivity contribution in [3.05, 3.63) is 206 Å². The van der Waals surface area contributed by atoms with E-state index in [1.807, 2.05) is 34.4 Å². The van der Waals surface area contributed by atoms with Gasteiger partial charge in [0.2, 0.25) is 0 Å². The third-order valence-corrected chi connectivity index (χ3v) is 14.8. The van der Waals surface area contributed by atoms with Crippen molar-refractivity contribution in [3.8, 4) is 22.3 Å². The first kappa shape index (κ1) is 27.7. The molecule has 0 bridgehead atoms. The van der Waals surface area contributed by atoms with E-state index in [4.69, 9.17) is 0 Å². The van der Waals surface area contributed by atoms with Gasteiger partial charge in [0.1, 0.15) is 5.00 Å². The number of hydrogen-bond donors (Lipinski definition) is 0. The Labute approximate surface area is 303 Å². The van der Waals surface area contributed by atoms with Crippen LogP contribution in [0.4, 0.5) is 16.4 Å². The maximum absolute atomic E-state index is 2.58. The van der Waals surface area contributed by atoms with Crippen LogP contribution in [0, 0.1) is 0 Å². The first-order chi connectivity index (χ1) is 24.8. The average molecular weight is 690 g/mol. The highest BCUT2D eigenvalue weighted by Gasteiger charge is 2.61. The number of anilines is 3. The first-order valence-corrected chi connectivity index (χ1v) is 19.6. The normalized spacial score (nSPS) is 15.8. The fraction of sp³-hybridized carbons (Fsp3) is 0.0435. The van der Waals surface area contributed by atoms with Crippen LogP contribution in [0.1, 0.15) is 43.1 Å². The number of benzene rings is 6. The van der Waals surface area contributed by atoms with E-state index in [9.17, 15) is 0 Å². The molecule has 8 aromatic rings. The lowest BCUT2D eigenvalue weighted by Crippen LogP contribution is -2.41. The monoisotopic (exact) mass is 689 g/mol. The van der Waals surface area contributed by atoms with Crippen LogP contribution in [-0.4, -0.2) is 0 Å². The number of rotatable bonds is 1. The quantitative estimate of drug-likeness (QED) is 0.169. The Morgan fingerprint density at radius 2 is 0.840 bits per heavy atom. The van der Waals surface area contributed by atoms with Crippen molar-refractivity contribution in [1.29, 1.82) is 0 Å².